The van der Waals surface area contributed by atoms with Crippen LogP contribution in [0.25, 0.3) is 5.65 Å². The fourth-order valence-corrected chi connectivity index (χ4v) is 5.36. The quantitative estimate of drug-likeness (QED) is 0.636. The first-order chi connectivity index (χ1) is 15.2. The van der Waals surface area contributed by atoms with Crippen LogP contribution in [0.3, 0.4) is 0 Å². The zero-order valence-electron chi connectivity index (χ0n) is 17.7. The third-order valence-corrected chi connectivity index (χ3v) is 7.43. The topological polar surface area (TPSA) is 78.7 Å². The van der Waals surface area contributed by atoms with Crippen LogP contribution in [0.4, 0.5) is 5.82 Å². The van der Waals surface area contributed by atoms with Crippen molar-refractivity contribution in [2.45, 2.75) is 32.2 Å². The lowest BCUT2D eigenvalue weighted by Gasteiger charge is -2.33. The number of anilines is 1. The Kier molecular flexibility index (Phi) is 6.13. The molecular weight excluding hydrogens is 410 g/mol. The van der Waals surface area contributed by atoms with Crippen LogP contribution in [0.15, 0.2) is 36.0 Å². The van der Waals surface area contributed by atoms with Crippen LogP contribution in [-0.4, -0.2) is 63.3 Å². The second-order valence-corrected chi connectivity index (χ2v) is 9.66. The van der Waals surface area contributed by atoms with Crippen LogP contribution in [0.2, 0.25) is 0 Å². The number of carbonyl (C=O) groups is 1. The van der Waals surface area contributed by atoms with E-state index < -0.39 is 0 Å². The van der Waals surface area contributed by atoms with E-state index in [0.29, 0.717) is 5.92 Å². The molecule has 8 nitrogen and oxygen atoms in total. The van der Waals surface area contributed by atoms with Gasteiger partial charge in [-0.25, -0.2) is 0 Å². The van der Waals surface area contributed by atoms with Crippen LogP contribution >= 0.6 is 11.3 Å². The molecule has 0 spiro atoms. The van der Waals surface area contributed by atoms with Crippen LogP contribution in [0, 0.1) is 11.8 Å². The molecule has 2 fully saturated rings. The SMILES string of the molecule is O=C(NCC1CCN(Cc2cccs2)CC1)C1CCN(c2ccc3nncn3n2)CC1. The molecule has 0 unspecified atom stereocenters. The van der Waals surface area contributed by atoms with Crippen molar-refractivity contribution >= 4 is 28.7 Å². The predicted octanol–water partition coefficient (Wildman–Crippen LogP) is 2.43. The summed E-state index contributed by atoms with van der Waals surface area (Å²) in [6.07, 6.45) is 5.69. The maximum absolute atomic E-state index is 12.7. The first-order valence-corrected chi connectivity index (χ1v) is 12.1. The number of thiophene rings is 1. The van der Waals surface area contributed by atoms with Crippen molar-refractivity contribution < 1.29 is 4.79 Å². The summed E-state index contributed by atoms with van der Waals surface area (Å²) in [6, 6.07) is 8.25. The number of rotatable bonds is 6. The summed E-state index contributed by atoms with van der Waals surface area (Å²) >= 11 is 1.83. The van der Waals surface area contributed by atoms with Gasteiger partial charge in [-0.15, -0.1) is 26.6 Å². The Balaban J connectivity index is 1.04. The Labute approximate surface area is 186 Å². The van der Waals surface area contributed by atoms with Gasteiger partial charge in [0.2, 0.25) is 5.91 Å². The normalized spacial score (nSPS) is 19.2. The number of aromatic nitrogens is 4. The van der Waals surface area contributed by atoms with Gasteiger partial charge in [0.1, 0.15) is 12.1 Å². The van der Waals surface area contributed by atoms with E-state index in [4.69, 9.17) is 0 Å². The minimum Gasteiger partial charge on any atom is -0.356 e. The molecule has 2 aliphatic rings. The number of hydrogen-bond donors (Lipinski definition) is 1. The molecule has 31 heavy (non-hydrogen) atoms. The predicted molar refractivity (Wildman–Crippen MR) is 121 cm³/mol. The average molecular weight is 440 g/mol. The van der Waals surface area contributed by atoms with Gasteiger partial charge in [-0.05, 0) is 68.3 Å². The molecule has 164 valence electrons. The zero-order valence-corrected chi connectivity index (χ0v) is 18.5. The number of hydrogen-bond acceptors (Lipinski definition) is 7. The van der Waals surface area contributed by atoms with Gasteiger partial charge in [0, 0.05) is 37.0 Å². The molecular formula is C22H29N7OS. The number of nitrogens with one attached hydrogen (secondary N) is 1. The molecule has 0 atom stereocenters. The number of carbonyl (C=O) groups excluding carboxylic acids is 1. The van der Waals surface area contributed by atoms with Gasteiger partial charge in [0.25, 0.3) is 0 Å². The van der Waals surface area contributed by atoms with E-state index >= 15 is 0 Å². The standard InChI is InChI=1S/C22H29N7OS/c30-22(23-14-17-5-9-27(10-6-17)15-19-2-1-13-31-19)18-7-11-28(12-8-18)21-4-3-20-25-24-16-29(20)26-21/h1-4,13,16-18H,5-12,14-15H2,(H,23,30). The van der Waals surface area contributed by atoms with Gasteiger partial charge in [0.05, 0.1) is 0 Å². The highest BCUT2D eigenvalue weighted by molar-refractivity contribution is 7.09. The molecule has 0 bridgehead atoms. The lowest BCUT2D eigenvalue weighted by Crippen LogP contribution is -2.43. The monoisotopic (exact) mass is 439 g/mol. The Morgan fingerprint density at radius 2 is 1.94 bits per heavy atom. The van der Waals surface area contributed by atoms with Crippen LogP contribution < -0.4 is 10.2 Å². The summed E-state index contributed by atoms with van der Waals surface area (Å²) in [4.78, 5) is 18.9. The van der Waals surface area contributed by atoms with Gasteiger partial charge in [0.15, 0.2) is 5.65 Å². The number of amides is 1. The van der Waals surface area contributed by atoms with Crippen molar-refractivity contribution in [2.24, 2.45) is 11.8 Å². The van der Waals surface area contributed by atoms with Crippen molar-refractivity contribution in [3.8, 4) is 0 Å². The van der Waals surface area contributed by atoms with Crippen molar-refractivity contribution in [1.82, 2.24) is 30.0 Å². The number of nitrogens with zero attached hydrogens (tertiary/aromatic N) is 6. The summed E-state index contributed by atoms with van der Waals surface area (Å²) in [5, 5.41) is 17.8. The molecule has 2 saturated heterocycles. The van der Waals surface area contributed by atoms with Gasteiger partial charge < -0.3 is 10.2 Å². The molecule has 9 heteroatoms. The van der Waals surface area contributed by atoms with E-state index in [-0.39, 0.29) is 11.8 Å². The highest BCUT2D eigenvalue weighted by atomic mass is 32.1. The molecule has 3 aromatic heterocycles. The van der Waals surface area contributed by atoms with E-state index in [1.165, 1.54) is 17.7 Å². The molecule has 2 aliphatic heterocycles. The fourth-order valence-electron chi connectivity index (χ4n) is 4.62. The summed E-state index contributed by atoms with van der Waals surface area (Å²) in [5.41, 5.74) is 0.746. The smallest absolute Gasteiger partial charge is 0.223 e. The van der Waals surface area contributed by atoms with E-state index in [1.54, 1.807) is 10.8 Å². The van der Waals surface area contributed by atoms with Crippen LogP contribution in [-0.2, 0) is 11.3 Å². The number of piperidine rings is 2. The third kappa shape index (κ3) is 4.88. The second kappa shape index (κ2) is 9.32. The van der Waals surface area contributed by atoms with Crippen LogP contribution in [0.5, 0.6) is 0 Å². The maximum Gasteiger partial charge on any atom is 0.223 e. The third-order valence-electron chi connectivity index (χ3n) is 6.57. The zero-order chi connectivity index (χ0) is 21.0. The summed E-state index contributed by atoms with van der Waals surface area (Å²) in [7, 11) is 0. The van der Waals surface area contributed by atoms with Gasteiger partial charge in [-0.3, -0.25) is 9.69 Å². The summed E-state index contributed by atoms with van der Waals surface area (Å²) in [6.45, 7) is 5.83. The van der Waals surface area contributed by atoms with Gasteiger partial charge >= 0.3 is 0 Å². The lowest BCUT2D eigenvalue weighted by atomic mass is 9.94. The molecule has 0 saturated carbocycles. The molecule has 5 heterocycles. The fraction of sp³-hybridized carbons (Fsp3) is 0.545. The van der Waals surface area contributed by atoms with Gasteiger partial charge in [-0.2, -0.15) is 4.52 Å². The summed E-state index contributed by atoms with van der Waals surface area (Å²) in [5.74, 6) is 1.85. The van der Waals surface area contributed by atoms with E-state index in [2.05, 4.69) is 47.9 Å². The highest BCUT2D eigenvalue weighted by Gasteiger charge is 2.27. The van der Waals surface area contributed by atoms with Crippen molar-refractivity contribution in [3.63, 3.8) is 0 Å². The molecule has 5 rings (SSSR count). The average Bonchev–Trinajstić information content (AvgIpc) is 3.50. The number of fused-ring (bicyclic) bond motifs is 1. The highest BCUT2D eigenvalue weighted by Crippen LogP contribution is 2.23. The Morgan fingerprint density at radius 3 is 2.71 bits per heavy atom. The minimum absolute atomic E-state index is 0.105. The number of likely N-dealkylation sites (tertiary alicyclic amines) is 1. The van der Waals surface area contributed by atoms with E-state index in [0.717, 1.165) is 63.6 Å². The molecule has 0 aromatic carbocycles. The largest absolute Gasteiger partial charge is 0.356 e. The Bertz CT molecular complexity index is 988. The first-order valence-electron chi connectivity index (χ1n) is 11.2. The second-order valence-electron chi connectivity index (χ2n) is 8.63. The molecule has 3 aromatic rings. The van der Waals surface area contributed by atoms with Crippen LogP contribution in [0.1, 0.15) is 30.6 Å². The lowest BCUT2D eigenvalue weighted by molar-refractivity contribution is -0.125. The molecule has 1 amide bonds. The Morgan fingerprint density at radius 1 is 1.10 bits per heavy atom. The molecule has 0 radical (unpaired) electrons. The van der Waals surface area contributed by atoms with E-state index in [1.807, 2.05) is 23.5 Å². The maximum atomic E-state index is 12.7. The summed E-state index contributed by atoms with van der Waals surface area (Å²) < 4.78 is 1.69. The van der Waals surface area contributed by atoms with Gasteiger partial charge in [-0.1, -0.05) is 6.07 Å². The van der Waals surface area contributed by atoms with Crippen molar-refractivity contribution in [3.05, 3.63) is 40.8 Å². The van der Waals surface area contributed by atoms with Crippen molar-refractivity contribution in [1.29, 1.82) is 0 Å². The Hall–Kier alpha value is -2.52. The van der Waals surface area contributed by atoms with E-state index in [9.17, 15) is 4.79 Å². The molecule has 0 aliphatic carbocycles. The molecule has 1 N–H and O–H groups in total. The van der Waals surface area contributed by atoms with Crippen molar-refractivity contribution in [2.75, 3.05) is 37.6 Å². The first kappa shape index (κ1) is 20.4. The minimum atomic E-state index is 0.105.